The van der Waals surface area contributed by atoms with Gasteiger partial charge in [-0.3, -0.25) is 0 Å². The van der Waals surface area contributed by atoms with Gasteiger partial charge in [0.05, 0.1) is 3.57 Å². The fourth-order valence-electron chi connectivity index (χ4n) is 1.45. The first kappa shape index (κ1) is 10.1. The highest BCUT2D eigenvalue weighted by molar-refractivity contribution is 14.1. The van der Waals surface area contributed by atoms with Crippen LogP contribution in [-0.4, -0.2) is 29.2 Å². The Labute approximate surface area is 96.6 Å². The summed E-state index contributed by atoms with van der Waals surface area (Å²) in [6, 6.07) is 0.493. The molecule has 0 amide bonds. The van der Waals surface area contributed by atoms with Crippen molar-refractivity contribution in [3.05, 3.63) is 16.1 Å². The molecule has 0 saturated carbocycles. The summed E-state index contributed by atoms with van der Waals surface area (Å²) in [7, 11) is 0. The summed E-state index contributed by atoms with van der Waals surface area (Å²) in [5, 5.41) is 3.41. The quantitative estimate of drug-likeness (QED) is 0.845. The Morgan fingerprint density at radius 1 is 1.43 bits per heavy atom. The van der Waals surface area contributed by atoms with Gasteiger partial charge in [0.1, 0.15) is 12.1 Å². The van der Waals surface area contributed by atoms with Gasteiger partial charge in [0, 0.05) is 25.5 Å². The molecule has 0 aromatic carbocycles. The van der Waals surface area contributed by atoms with E-state index in [9.17, 15) is 0 Å². The normalized spacial score (nSPS) is 18.1. The average Bonchev–Trinajstić information content (AvgIpc) is 2.23. The van der Waals surface area contributed by atoms with E-state index in [0.717, 1.165) is 35.4 Å². The largest absolute Gasteiger partial charge is 0.381 e. The number of nitrogens with zero attached hydrogens (tertiary/aromatic N) is 2. The van der Waals surface area contributed by atoms with Crippen LogP contribution in [0.2, 0.25) is 0 Å². The third-order valence-electron chi connectivity index (χ3n) is 2.23. The average molecular weight is 305 g/mol. The van der Waals surface area contributed by atoms with Gasteiger partial charge in [-0.1, -0.05) is 0 Å². The predicted octanol–water partition coefficient (Wildman–Crippen LogP) is 1.67. The standard InChI is InChI=1S/C9H12IN3O/c10-8-5-11-6-12-9(8)13-7-1-3-14-4-2-7/h5-7H,1-4H2,(H,11,12,13). The molecule has 0 aliphatic carbocycles. The number of hydrogen-bond donors (Lipinski definition) is 1. The van der Waals surface area contributed by atoms with Crippen molar-refractivity contribution in [1.82, 2.24) is 9.97 Å². The second kappa shape index (κ2) is 4.88. The number of halogens is 1. The van der Waals surface area contributed by atoms with Gasteiger partial charge in [-0.25, -0.2) is 9.97 Å². The SMILES string of the molecule is Ic1cncnc1NC1CCOCC1. The van der Waals surface area contributed by atoms with Gasteiger partial charge in [0.15, 0.2) is 0 Å². The van der Waals surface area contributed by atoms with E-state index in [-0.39, 0.29) is 0 Å². The van der Waals surface area contributed by atoms with Crippen LogP contribution < -0.4 is 5.32 Å². The number of anilines is 1. The summed E-state index contributed by atoms with van der Waals surface area (Å²) in [6.07, 6.45) is 5.50. The molecule has 2 rings (SSSR count). The molecule has 0 radical (unpaired) electrons. The molecule has 1 aromatic heterocycles. The molecule has 4 nitrogen and oxygen atoms in total. The van der Waals surface area contributed by atoms with Crippen molar-refractivity contribution >= 4 is 28.4 Å². The summed E-state index contributed by atoms with van der Waals surface area (Å²) in [5.41, 5.74) is 0. The Morgan fingerprint density at radius 3 is 2.93 bits per heavy atom. The van der Waals surface area contributed by atoms with Gasteiger partial charge in [0.25, 0.3) is 0 Å². The van der Waals surface area contributed by atoms with Crippen LogP contribution in [0.25, 0.3) is 0 Å². The van der Waals surface area contributed by atoms with Crippen LogP contribution >= 0.6 is 22.6 Å². The molecule has 1 aromatic rings. The Hall–Kier alpha value is -0.430. The summed E-state index contributed by atoms with van der Waals surface area (Å²) in [4.78, 5) is 8.16. The molecule has 1 N–H and O–H groups in total. The third kappa shape index (κ3) is 2.54. The molecule has 1 fully saturated rings. The lowest BCUT2D eigenvalue weighted by molar-refractivity contribution is 0.0903. The minimum atomic E-state index is 0.493. The zero-order valence-electron chi connectivity index (χ0n) is 7.74. The fourth-order valence-corrected chi connectivity index (χ4v) is 1.91. The van der Waals surface area contributed by atoms with E-state index in [1.54, 1.807) is 6.33 Å². The van der Waals surface area contributed by atoms with Crippen LogP contribution in [0, 0.1) is 3.57 Å². The molecule has 5 heteroatoms. The topological polar surface area (TPSA) is 47.0 Å². The first-order chi connectivity index (χ1) is 6.86. The molecule has 0 atom stereocenters. The van der Waals surface area contributed by atoms with E-state index in [4.69, 9.17) is 4.74 Å². The predicted molar refractivity (Wildman–Crippen MR) is 62.2 cm³/mol. The minimum Gasteiger partial charge on any atom is -0.381 e. The number of rotatable bonds is 2. The molecule has 14 heavy (non-hydrogen) atoms. The van der Waals surface area contributed by atoms with Gasteiger partial charge >= 0.3 is 0 Å². The summed E-state index contributed by atoms with van der Waals surface area (Å²) in [6.45, 7) is 1.69. The van der Waals surface area contributed by atoms with Crippen molar-refractivity contribution in [3.8, 4) is 0 Å². The molecule has 2 heterocycles. The molecule has 1 aliphatic heterocycles. The van der Waals surface area contributed by atoms with Gasteiger partial charge in [0.2, 0.25) is 0 Å². The molecule has 1 aliphatic rings. The zero-order chi connectivity index (χ0) is 9.80. The lowest BCUT2D eigenvalue weighted by Crippen LogP contribution is -2.28. The summed E-state index contributed by atoms with van der Waals surface area (Å²) < 4.78 is 6.36. The summed E-state index contributed by atoms with van der Waals surface area (Å²) in [5.74, 6) is 0.938. The lowest BCUT2D eigenvalue weighted by atomic mass is 10.1. The van der Waals surface area contributed by atoms with Crippen molar-refractivity contribution in [2.75, 3.05) is 18.5 Å². The monoisotopic (exact) mass is 305 g/mol. The highest BCUT2D eigenvalue weighted by Crippen LogP contribution is 2.17. The third-order valence-corrected chi connectivity index (χ3v) is 3.02. The molecule has 1 saturated heterocycles. The van der Waals surface area contributed by atoms with E-state index in [1.807, 2.05) is 6.20 Å². The van der Waals surface area contributed by atoms with E-state index >= 15 is 0 Å². The van der Waals surface area contributed by atoms with Crippen molar-refractivity contribution in [2.45, 2.75) is 18.9 Å². The van der Waals surface area contributed by atoms with E-state index in [1.165, 1.54) is 0 Å². The second-order valence-corrected chi connectivity index (χ2v) is 4.41. The van der Waals surface area contributed by atoms with Crippen molar-refractivity contribution in [3.63, 3.8) is 0 Å². The first-order valence-corrected chi connectivity index (χ1v) is 5.74. The maximum Gasteiger partial charge on any atom is 0.143 e. The van der Waals surface area contributed by atoms with Crippen LogP contribution in [0.15, 0.2) is 12.5 Å². The maximum atomic E-state index is 5.29. The van der Waals surface area contributed by atoms with Gasteiger partial charge in [-0.15, -0.1) is 0 Å². The first-order valence-electron chi connectivity index (χ1n) is 4.66. The maximum absolute atomic E-state index is 5.29. The number of nitrogens with one attached hydrogen (secondary N) is 1. The number of hydrogen-bond acceptors (Lipinski definition) is 4. The number of ether oxygens (including phenoxy) is 1. The Balaban J connectivity index is 1.99. The highest BCUT2D eigenvalue weighted by Gasteiger charge is 2.14. The van der Waals surface area contributed by atoms with E-state index < -0.39 is 0 Å². The Kier molecular flexibility index (Phi) is 3.52. The smallest absolute Gasteiger partial charge is 0.143 e. The van der Waals surface area contributed by atoms with Crippen molar-refractivity contribution in [2.24, 2.45) is 0 Å². The van der Waals surface area contributed by atoms with Crippen LogP contribution in [0.1, 0.15) is 12.8 Å². The molecular formula is C9H12IN3O. The molecular weight excluding hydrogens is 293 g/mol. The molecule has 0 unspecified atom stereocenters. The second-order valence-electron chi connectivity index (χ2n) is 3.25. The van der Waals surface area contributed by atoms with Crippen LogP contribution in [-0.2, 0) is 4.74 Å². The highest BCUT2D eigenvalue weighted by atomic mass is 127. The van der Waals surface area contributed by atoms with E-state index in [0.29, 0.717) is 6.04 Å². The van der Waals surface area contributed by atoms with Crippen LogP contribution in [0.3, 0.4) is 0 Å². The van der Waals surface area contributed by atoms with Gasteiger partial charge in [-0.2, -0.15) is 0 Å². The van der Waals surface area contributed by atoms with Crippen molar-refractivity contribution in [1.29, 1.82) is 0 Å². The van der Waals surface area contributed by atoms with Gasteiger partial charge < -0.3 is 10.1 Å². The van der Waals surface area contributed by atoms with E-state index in [2.05, 4.69) is 37.9 Å². The van der Waals surface area contributed by atoms with Crippen LogP contribution in [0.5, 0.6) is 0 Å². The Bertz CT molecular complexity index is 302. The fraction of sp³-hybridized carbons (Fsp3) is 0.556. The molecule has 76 valence electrons. The Morgan fingerprint density at radius 2 is 2.21 bits per heavy atom. The van der Waals surface area contributed by atoms with Gasteiger partial charge in [-0.05, 0) is 35.4 Å². The number of aromatic nitrogens is 2. The zero-order valence-corrected chi connectivity index (χ0v) is 9.90. The summed E-state index contributed by atoms with van der Waals surface area (Å²) >= 11 is 2.24. The minimum absolute atomic E-state index is 0.493. The molecule has 0 bridgehead atoms. The van der Waals surface area contributed by atoms with Crippen molar-refractivity contribution < 1.29 is 4.74 Å². The lowest BCUT2D eigenvalue weighted by Gasteiger charge is -2.23. The molecule has 0 spiro atoms. The van der Waals surface area contributed by atoms with Crippen LogP contribution in [0.4, 0.5) is 5.82 Å².